The van der Waals surface area contributed by atoms with E-state index in [9.17, 15) is 4.79 Å². The van der Waals surface area contributed by atoms with Gasteiger partial charge in [0, 0.05) is 5.56 Å². The first kappa shape index (κ1) is 21.8. The number of carbonyl (C=O) groups is 1. The Kier molecular flexibility index (Phi) is 7.01. The predicted octanol–water partition coefficient (Wildman–Crippen LogP) is 5.80. The maximum atomic E-state index is 12.3. The molecule has 0 radical (unpaired) electrons. The summed E-state index contributed by atoms with van der Waals surface area (Å²) in [7, 11) is 1.58. The molecule has 0 saturated heterocycles. The zero-order valence-corrected chi connectivity index (χ0v) is 19.6. The van der Waals surface area contributed by atoms with Gasteiger partial charge in [-0.2, -0.15) is 5.10 Å². The first-order chi connectivity index (χ1) is 15.6. The molecular weight excluding hydrogens is 515 g/mol. The second-order valence-corrected chi connectivity index (χ2v) is 8.21. The van der Waals surface area contributed by atoms with Crippen LogP contribution in [0, 0.1) is 3.57 Å². The molecule has 0 aliphatic rings. The highest BCUT2D eigenvalue weighted by Crippen LogP contribution is 2.22. The molecule has 0 aromatic heterocycles. The highest BCUT2D eigenvalue weighted by molar-refractivity contribution is 14.1. The molecule has 0 aliphatic carbocycles. The average Bonchev–Trinajstić information content (AvgIpc) is 2.83. The van der Waals surface area contributed by atoms with Crippen LogP contribution in [0.2, 0.25) is 0 Å². The zero-order valence-electron chi connectivity index (χ0n) is 17.4. The SMILES string of the molecule is COc1cc(C(=O)N/N=C\c2ccc(OCc3cccc4ccccc34)cc2)ccc1I. The monoisotopic (exact) mass is 536 g/mol. The minimum Gasteiger partial charge on any atom is -0.496 e. The Balaban J connectivity index is 1.34. The van der Waals surface area contributed by atoms with Crippen LogP contribution in [0.5, 0.6) is 11.5 Å². The summed E-state index contributed by atoms with van der Waals surface area (Å²) in [6.45, 7) is 0.490. The Morgan fingerprint density at radius 2 is 1.78 bits per heavy atom. The lowest BCUT2D eigenvalue weighted by atomic mass is 10.1. The van der Waals surface area contributed by atoms with Crippen molar-refractivity contribution < 1.29 is 14.3 Å². The van der Waals surface area contributed by atoms with Gasteiger partial charge in [-0.3, -0.25) is 4.79 Å². The molecule has 0 atom stereocenters. The molecule has 0 fully saturated rings. The molecule has 32 heavy (non-hydrogen) atoms. The number of rotatable bonds is 7. The predicted molar refractivity (Wildman–Crippen MR) is 135 cm³/mol. The van der Waals surface area contributed by atoms with Crippen LogP contribution in [0.3, 0.4) is 0 Å². The van der Waals surface area contributed by atoms with E-state index in [0.717, 1.165) is 20.4 Å². The minimum atomic E-state index is -0.300. The largest absolute Gasteiger partial charge is 0.496 e. The molecule has 160 valence electrons. The van der Waals surface area contributed by atoms with Crippen molar-refractivity contribution in [3.63, 3.8) is 0 Å². The lowest BCUT2D eigenvalue weighted by Gasteiger charge is -2.09. The number of hydrazone groups is 1. The molecule has 0 saturated carbocycles. The number of nitrogens with zero attached hydrogens (tertiary/aromatic N) is 1. The van der Waals surface area contributed by atoms with Crippen LogP contribution < -0.4 is 14.9 Å². The molecular formula is C26H21IN2O3. The van der Waals surface area contributed by atoms with E-state index in [1.165, 1.54) is 10.8 Å². The number of hydrogen-bond acceptors (Lipinski definition) is 4. The quantitative estimate of drug-likeness (QED) is 0.185. The third-order valence-electron chi connectivity index (χ3n) is 4.95. The van der Waals surface area contributed by atoms with Crippen molar-refractivity contribution in [3.05, 3.63) is 105 Å². The number of ether oxygens (including phenoxy) is 2. The Labute approximate surface area is 200 Å². The number of nitrogens with one attached hydrogen (secondary N) is 1. The topological polar surface area (TPSA) is 59.9 Å². The lowest BCUT2D eigenvalue weighted by molar-refractivity contribution is 0.0954. The molecule has 0 bridgehead atoms. The molecule has 4 aromatic carbocycles. The molecule has 4 rings (SSSR count). The van der Waals surface area contributed by atoms with Crippen LogP contribution in [0.1, 0.15) is 21.5 Å². The summed E-state index contributed by atoms with van der Waals surface area (Å²) in [5.41, 5.74) is 5.01. The normalized spacial score (nSPS) is 10.9. The minimum absolute atomic E-state index is 0.300. The maximum Gasteiger partial charge on any atom is 0.271 e. The molecule has 1 N–H and O–H groups in total. The third kappa shape index (κ3) is 5.26. The van der Waals surface area contributed by atoms with Gasteiger partial charge in [0.1, 0.15) is 18.1 Å². The molecule has 5 nitrogen and oxygen atoms in total. The fourth-order valence-corrected chi connectivity index (χ4v) is 3.82. The van der Waals surface area contributed by atoms with Crippen LogP contribution in [0.25, 0.3) is 10.8 Å². The molecule has 4 aromatic rings. The molecule has 0 aliphatic heterocycles. The Bertz CT molecular complexity index is 1260. The number of carbonyl (C=O) groups excluding carboxylic acids is 1. The smallest absolute Gasteiger partial charge is 0.271 e. The Morgan fingerprint density at radius 3 is 2.59 bits per heavy atom. The molecule has 6 heteroatoms. The van der Waals surface area contributed by atoms with Crippen LogP contribution in [0.15, 0.2) is 90.0 Å². The summed E-state index contributed by atoms with van der Waals surface area (Å²) in [4.78, 5) is 12.3. The maximum absolute atomic E-state index is 12.3. The van der Waals surface area contributed by atoms with E-state index in [2.05, 4.69) is 57.4 Å². The number of fused-ring (bicyclic) bond motifs is 1. The van der Waals surface area contributed by atoms with Crippen molar-refractivity contribution >= 4 is 45.5 Å². The summed E-state index contributed by atoms with van der Waals surface area (Å²) in [6.07, 6.45) is 1.59. The van der Waals surface area contributed by atoms with Crippen molar-refractivity contribution in [1.29, 1.82) is 0 Å². The zero-order chi connectivity index (χ0) is 22.3. The molecule has 0 unspecified atom stereocenters. The first-order valence-electron chi connectivity index (χ1n) is 10.0. The van der Waals surface area contributed by atoms with Gasteiger partial charge in [0.25, 0.3) is 5.91 Å². The number of amides is 1. The molecule has 0 spiro atoms. The van der Waals surface area contributed by atoms with Crippen molar-refractivity contribution in [2.24, 2.45) is 5.10 Å². The van der Waals surface area contributed by atoms with E-state index >= 15 is 0 Å². The Morgan fingerprint density at radius 1 is 1.00 bits per heavy atom. The van der Waals surface area contributed by atoms with Gasteiger partial charge < -0.3 is 9.47 Å². The van der Waals surface area contributed by atoms with Gasteiger partial charge in [-0.25, -0.2) is 5.43 Å². The summed E-state index contributed by atoms with van der Waals surface area (Å²) >= 11 is 2.16. The van der Waals surface area contributed by atoms with E-state index in [4.69, 9.17) is 9.47 Å². The second-order valence-electron chi connectivity index (χ2n) is 7.04. The molecule has 0 heterocycles. The standard InChI is InChI=1S/C26H21IN2O3/c1-31-25-15-20(11-14-24(25)27)26(30)29-28-16-18-9-12-22(13-10-18)32-17-21-7-4-6-19-5-2-3-8-23(19)21/h2-16H,17H2,1H3,(H,29,30)/b28-16-. The fraction of sp³-hybridized carbons (Fsp3) is 0.0769. The lowest BCUT2D eigenvalue weighted by Crippen LogP contribution is -2.17. The first-order valence-corrected chi connectivity index (χ1v) is 11.1. The number of hydrogen-bond donors (Lipinski definition) is 1. The van der Waals surface area contributed by atoms with Crippen molar-refractivity contribution in [3.8, 4) is 11.5 Å². The summed E-state index contributed by atoms with van der Waals surface area (Å²) in [6, 6.07) is 27.3. The van der Waals surface area contributed by atoms with E-state index < -0.39 is 0 Å². The summed E-state index contributed by atoms with van der Waals surface area (Å²) in [5, 5.41) is 6.44. The van der Waals surface area contributed by atoms with Gasteiger partial charge in [-0.15, -0.1) is 0 Å². The van der Waals surface area contributed by atoms with Gasteiger partial charge in [-0.05, 0) is 87.0 Å². The van der Waals surface area contributed by atoms with Crippen molar-refractivity contribution in [2.75, 3.05) is 7.11 Å². The highest BCUT2D eigenvalue weighted by atomic mass is 127. The number of benzene rings is 4. The fourth-order valence-electron chi connectivity index (χ4n) is 3.26. The average molecular weight is 536 g/mol. The van der Waals surface area contributed by atoms with Gasteiger partial charge in [0.2, 0.25) is 0 Å². The van der Waals surface area contributed by atoms with Crippen molar-refractivity contribution in [2.45, 2.75) is 6.61 Å². The van der Waals surface area contributed by atoms with Gasteiger partial charge in [-0.1, -0.05) is 42.5 Å². The van der Waals surface area contributed by atoms with Gasteiger partial charge in [0.15, 0.2) is 0 Å². The second kappa shape index (κ2) is 10.3. The molecule has 1 amide bonds. The third-order valence-corrected chi connectivity index (χ3v) is 5.84. The van der Waals surface area contributed by atoms with E-state index in [1.54, 1.807) is 25.5 Å². The van der Waals surface area contributed by atoms with Crippen LogP contribution in [0.4, 0.5) is 0 Å². The van der Waals surface area contributed by atoms with Crippen LogP contribution in [-0.2, 0) is 6.61 Å². The number of halogens is 1. The van der Waals surface area contributed by atoms with E-state index in [-0.39, 0.29) is 5.91 Å². The van der Waals surface area contributed by atoms with Crippen molar-refractivity contribution in [1.82, 2.24) is 5.43 Å². The van der Waals surface area contributed by atoms with Gasteiger partial charge >= 0.3 is 0 Å². The highest BCUT2D eigenvalue weighted by Gasteiger charge is 2.08. The van der Waals surface area contributed by atoms with Gasteiger partial charge in [0.05, 0.1) is 16.9 Å². The summed E-state index contributed by atoms with van der Waals surface area (Å²) in [5.74, 6) is 1.12. The van der Waals surface area contributed by atoms with Crippen LogP contribution in [-0.4, -0.2) is 19.2 Å². The summed E-state index contributed by atoms with van der Waals surface area (Å²) < 4.78 is 12.2. The number of methoxy groups -OCH3 is 1. The van der Waals surface area contributed by atoms with Crippen LogP contribution >= 0.6 is 22.6 Å². The van der Waals surface area contributed by atoms with E-state index in [0.29, 0.717) is 17.9 Å². The van der Waals surface area contributed by atoms with E-state index in [1.807, 2.05) is 48.5 Å². The Hall–Kier alpha value is -3.39.